The Labute approximate surface area is 360 Å². The number of fused-ring (bicyclic) bond motifs is 1. The number of hydrogen-bond donors (Lipinski definition) is 13. The van der Waals surface area contributed by atoms with Gasteiger partial charge in [0.15, 0.2) is 41.5 Å². The molecule has 1 unspecified atom stereocenters. The maximum absolute atomic E-state index is 13.0. The van der Waals surface area contributed by atoms with Crippen LogP contribution in [0.3, 0.4) is 0 Å². The van der Waals surface area contributed by atoms with Gasteiger partial charge in [-0.15, -0.1) is 0 Å². The van der Waals surface area contributed by atoms with Crippen molar-refractivity contribution in [1.82, 2.24) is 5.32 Å². The molecule has 0 bridgehead atoms. The van der Waals surface area contributed by atoms with E-state index in [1.165, 1.54) is 24.3 Å². The Bertz CT molecular complexity index is 2230. The number of quaternary nitrogens is 1. The molecule has 0 aromatic heterocycles. The molecule has 64 heavy (non-hydrogen) atoms. The van der Waals surface area contributed by atoms with Crippen LogP contribution in [0.1, 0.15) is 24.0 Å². The van der Waals surface area contributed by atoms with Gasteiger partial charge in [-0.1, -0.05) is 6.07 Å². The van der Waals surface area contributed by atoms with Crippen molar-refractivity contribution in [3.8, 4) is 23.0 Å². The van der Waals surface area contributed by atoms with Gasteiger partial charge in [-0.05, 0) is 47.6 Å². The number of ether oxygens (including phenoxy) is 5. The molecule has 2 aromatic rings. The van der Waals surface area contributed by atoms with Gasteiger partial charge >= 0.3 is 23.9 Å². The zero-order chi connectivity index (χ0) is 46.7. The monoisotopic (exact) mass is 904 g/mol. The fraction of sp³-hybridized carbons (Fsp3) is 0.425. The van der Waals surface area contributed by atoms with Crippen molar-refractivity contribution in [1.29, 1.82) is 0 Å². The zero-order valence-corrected chi connectivity index (χ0v) is 33.1. The van der Waals surface area contributed by atoms with E-state index < -0.39 is 145 Å². The van der Waals surface area contributed by atoms with Crippen LogP contribution in [0.2, 0.25) is 0 Å². The summed E-state index contributed by atoms with van der Waals surface area (Å²) in [6, 6.07) is 3.33. The predicted octanol–water partition coefficient (Wildman–Crippen LogP) is -4.91. The number of carboxylic acids is 4. The lowest BCUT2D eigenvalue weighted by atomic mass is 9.95. The number of carboxylic acid groups (broad SMARTS) is 4. The number of carbonyl (C=O) groups is 5. The molecule has 13 N–H and O–H groups in total. The normalized spacial score (nSPS) is 32.0. The average molecular weight is 905 g/mol. The maximum Gasteiger partial charge on any atom is 0.351 e. The first-order valence-electron chi connectivity index (χ1n) is 19.4. The lowest BCUT2D eigenvalue weighted by Crippen LogP contribution is -3.11. The molecule has 0 radical (unpaired) electrons. The Morgan fingerprint density at radius 1 is 0.844 bits per heavy atom. The van der Waals surface area contributed by atoms with Crippen LogP contribution in [-0.2, 0) is 49.3 Å². The lowest BCUT2D eigenvalue weighted by Gasteiger charge is -2.46. The third kappa shape index (κ3) is 10.4. The first kappa shape index (κ1) is 47.1. The summed E-state index contributed by atoms with van der Waals surface area (Å²) in [5, 5.41) is 128. The van der Waals surface area contributed by atoms with Crippen LogP contribution in [0.5, 0.6) is 23.0 Å². The van der Waals surface area contributed by atoms with Gasteiger partial charge in [-0.2, -0.15) is 0 Å². The van der Waals surface area contributed by atoms with Gasteiger partial charge in [0.2, 0.25) is 6.29 Å². The van der Waals surface area contributed by atoms with E-state index in [4.69, 9.17) is 23.7 Å². The van der Waals surface area contributed by atoms with Crippen LogP contribution in [0.25, 0.3) is 6.08 Å². The minimum absolute atomic E-state index is 0.140. The Kier molecular flexibility index (Phi) is 14.4. The Balaban J connectivity index is 1.28. The van der Waals surface area contributed by atoms with E-state index in [0.29, 0.717) is 0 Å². The number of phenolic OH excluding ortho intramolecular Hbond substituents is 3. The van der Waals surface area contributed by atoms with E-state index in [-0.39, 0.29) is 46.7 Å². The highest BCUT2D eigenvalue weighted by Gasteiger charge is 2.53. The van der Waals surface area contributed by atoms with Crippen LogP contribution < -0.4 is 20.1 Å². The van der Waals surface area contributed by atoms with Gasteiger partial charge in [-0.25, -0.2) is 14.4 Å². The summed E-state index contributed by atoms with van der Waals surface area (Å²) in [5.41, 5.74) is 0.567. The van der Waals surface area contributed by atoms with Crippen molar-refractivity contribution in [3.05, 3.63) is 71.0 Å². The van der Waals surface area contributed by atoms with Crippen LogP contribution in [0.4, 0.5) is 5.69 Å². The summed E-state index contributed by atoms with van der Waals surface area (Å²) < 4.78 is 28.5. The van der Waals surface area contributed by atoms with Gasteiger partial charge in [0.25, 0.3) is 0 Å². The first-order valence-corrected chi connectivity index (χ1v) is 19.4. The van der Waals surface area contributed by atoms with E-state index in [9.17, 15) is 85.3 Å². The lowest BCUT2D eigenvalue weighted by molar-refractivity contribution is -0.840. The molecule has 0 amide bonds. The van der Waals surface area contributed by atoms with Gasteiger partial charge in [0.05, 0.1) is 19.1 Å². The van der Waals surface area contributed by atoms with Crippen molar-refractivity contribution >= 4 is 41.6 Å². The number of rotatable bonds is 15. The van der Waals surface area contributed by atoms with Gasteiger partial charge in [0.1, 0.15) is 66.5 Å². The molecule has 0 aliphatic carbocycles. The minimum atomic E-state index is -2.11. The number of phenols is 3. The number of hydrogen-bond acceptors (Lipinski definition) is 20. The molecular weight excluding hydrogens is 860 g/mol. The highest BCUT2D eigenvalue weighted by atomic mass is 16.8. The smallest absolute Gasteiger partial charge is 0.351 e. The molecule has 4 aliphatic heterocycles. The highest BCUT2D eigenvalue weighted by molar-refractivity contribution is 5.89. The molecule has 2 fully saturated rings. The van der Waals surface area contributed by atoms with Crippen LogP contribution in [0.15, 0.2) is 59.8 Å². The van der Waals surface area contributed by atoms with Gasteiger partial charge < -0.3 is 95.1 Å². The molecule has 346 valence electrons. The second kappa shape index (κ2) is 19.6. The summed E-state index contributed by atoms with van der Waals surface area (Å²) in [6.45, 7) is -1.06. The largest absolute Gasteiger partial charge is 0.544 e. The average Bonchev–Trinajstić information content (AvgIpc) is 3.60. The number of aliphatic carboxylic acids is 4. The molecule has 2 aromatic carbocycles. The third-order valence-electron chi connectivity index (χ3n) is 10.9. The summed E-state index contributed by atoms with van der Waals surface area (Å²) >= 11 is 0. The zero-order valence-electron chi connectivity index (χ0n) is 33.1. The Hall–Kier alpha value is -6.35. The number of aliphatic hydroxyl groups is 5. The third-order valence-corrected chi connectivity index (χ3v) is 10.9. The minimum Gasteiger partial charge on any atom is -0.544 e. The number of carbonyl (C=O) groups excluding carboxylic acids is 2. The van der Waals surface area contributed by atoms with E-state index in [0.717, 1.165) is 30.4 Å². The molecule has 6 rings (SSSR count). The standard InChI is InChI=1S/C40H44N2O22/c43-14-27-31(51)33(53)35(64-40-34(32(52)30(50)26(61-40)13-28(47)48)63-29(49)4-2-15-1-3-22(44)23(45)9-15)39(62-27)60-25-11-17-10-21(38(58)59)42(20(17)12-24(25)46)6-5-16-7-18(36(54)55)41-19(8-16)37(56)57/h1-5,7,9,11-12,19,21,26-27,30-35,39-41,43-46,50-53H,6,8,10,13-14H2,(H,47,48)(H,54,55)(H,56,57)(H,58,59)/t19-,21+,26+,27+,30+,31+,32-,33-,34+,35+,39+,40-/m0/s1. The van der Waals surface area contributed by atoms with Gasteiger partial charge in [-0.3, -0.25) is 9.69 Å². The number of allylic oxidation sites excluding steroid dienone is 1. The Morgan fingerprint density at radius 3 is 2.17 bits per heavy atom. The van der Waals surface area contributed by atoms with Crippen molar-refractivity contribution < 1.29 is 114 Å². The van der Waals surface area contributed by atoms with E-state index in [2.05, 4.69) is 5.32 Å². The maximum atomic E-state index is 13.0. The first-order chi connectivity index (χ1) is 30.3. The van der Waals surface area contributed by atoms with Crippen LogP contribution in [-0.4, -0.2) is 173 Å². The second-order valence-corrected chi connectivity index (χ2v) is 15.2. The van der Waals surface area contributed by atoms with Crippen LogP contribution in [0, 0.1) is 0 Å². The molecule has 4 aliphatic rings. The number of nitrogens with one attached hydrogen (secondary N) is 2. The van der Waals surface area contributed by atoms with E-state index >= 15 is 0 Å². The van der Waals surface area contributed by atoms with Crippen molar-refractivity contribution in [2.24, 2.45) is 0 Å². The summed E-state index contributed by atoms with van der Waals surface area (Å²) in [7, 11) is 0. The number of aromatic hydroxyl groups is 3. The molecule has 24 heteroatoms. The number of esters is 1. The molecule has 13 atom stereocenters. The summed E-state index contributed by atoms with van der Waals surface area (Å²) in [6.07, 6.45) is -16.0. The Morgan fingerprint density at radius 2 is 1.53 bits per heavy atom. The fourth-order valence-electron chi connectivity index (χ4n) is 7.64. The van der Waals surface area contributed by atoms with Crippen molar-refractivity contribution in [3.63, 3.8) is 0 Å². The number of benzene rings is 2. The topological polar surface area (TPSA) is 394 Å². The van der Waals surface area contributed by atoms with Crippen molar-refractivity contribution in [2.75, 3.05) is 13.2 Å². The summed E-state index contributed by atoms with van der Waals surface area (Å²) in [4.78, 5) is 60.5. The number of aliphatic hydroxyl groups excluding tert-OH is 5. The van der Waals surface area contributed by atoms with E-state index in [1.54, 1.807) is 0 Å². The molecule has 4 heterocycles. The predicted molar refractivity (Wildman–Crippen MR) is 204 cm³/mol. The van der Waals surface area contributed by atoms with E-state index in [1.807, 2.05) is 0 Å². The quantitative estimate of drug-likeness (QED) is 0.0452. The highest BCUT2D eigenvalue weighted by Crippen LogP contribution is 2.38. The molecule has 24 nitrogen and oxygen atoms in total. The summed E-state index contributed by atoms with van der Waals surface area (Å²) in [5.74, 6) is -9.01. The SMILES string of the molecule is O=C(O)C[C@H]1O[C@@H](O[C@H]2[C@H](Oc3cc4c(cc3O)[NH+](CC=C3C=C(C(=O)O)N[C@H](C(=O)O)C3)[C@@H](C(=O)[O-])C4)O[C@H](CO)[C@@H](O)[C@@H]2O)[C@H](OC(=O)C=Cc2ccc(O)c(O)c2)[C@@H](O)[C@@H]1O. The second-order valence-electron chi connectivity index (χ2n) is 15.2. The van der Waals surface area contributed by atoms with Crippen molar-refractivity contribution in [2.45, 2.75) is 92.8 Å². The van der Waals surface area contributed by atoms with Gasteiger partial charge in [0, 0.05) is 30.5 Å². The molecule has 0 spiro atoms. The molecular formula is C40H44N2O22. The fourth-order valence-corrected chi connectivity index (χ4v) is 7.64. The van der Waals surface area contributed by atoms with Crippen LogP contribution >= 0.6 is 0 Å². The molecule has 0 saturated carbocycles. The molecule has 2 saturated heterocycles.